The normalized spacial score (nSPS) is 13.7. The van der Waals surface area contributed by atoms with Crippen LogP contribution in [0.1, 0.15) is 33.6 Å². The Labute approximate surface area is 130 Å². The molecule has 128 valence electrons. The number of hydrogen-bond donors (Lipinski definition) is 1. The van der Waals surface area contributed by atoms with Gasteiger partial charge in [0.15, 0.2) is 5.54 Å². The van der Waals surface area contributed by atoms with Gasteiger partial charge in [-0.25, -0.2) is 9.59 Å². The molecular formula is C14H25NO7. The van der Waals surface area contributed by atoms with Gasteiger partial charge in [0.1, 0.15) is 5.60 Å². The number of hydrogen-bond acceptors (Lipinski definition) is 7. The van der Waals surface area contributed by atoms with E-state index in [4.69, 9.17) is 14.2 Å². The van der Waals surface area contributed by atoms with Gasteiger partial charge in [0.2, 0.25) is 0 Å². The molecule has 1 amide bonds. The molecule has 8 heteroatoms. The van der Waals surface area contributed by atoms with Gasteiger partial charge in [-0.2, -0.15) is 0 Å². The molecule has 0 aliphatic carbocycles. The zero-order chi connectivity index (χ0) is 17.4. The van der Waals surface area contributed by atoms with E-state index >= 15 is 0 Å². The van der Waals surface area contributed by atoms with Crippen molar-refractivity contribution >= 4 is 18.0 Å². The molecule has 0 aliphatic rings. The van der Waals surface area contributed by atoms with Gasteiger partial charge in [-0.05, 0) is 27.2 Å². The molecule has 0 radical (unpaired) electrons. The van der Waals surface area contributed by atoms with Crippen LogP contribution >= 0.6 is 0 Å². The Morgan fingerprint density at radius 3 is 2.00 bits per heavy atom. The van der Waals surface area contributed by atoms with Gasteiger partial charge in [-0.1, -0.05) is 0 Å². The molecule has 0 spiro atoms. The Hall–Kier alpha value is -1.83. The van der Waals surface area contributed by atoms with Crippen LogP contribution in [0, 0.1) is 0 Å². The van der Waals surface area contributed by atoms with Crippen LogP contribution in [-0.2, 0) is 28.5 Å². The molecule has 0 aliphatic heterocycles. The fourth-order valence-electron chi connectivity index (χ4n) is 1.74. The van der Waals surface area contributed by atoms with E-state index in [-0.39, 0.29) is 19.4 Å². The highest BCUT2D eigenvalue weighted by atomic mass is 16.6. The van der Waals surface area contributed by atoms with Gasteiger partial charge >= 0.3 is 18.0 Å². The molecule has 0 aromatic heterocycles. The van der Waals surface area contributed by atoms with Crippen molar-refractivity contribution in [3.8, 4) is 0 Å². The SMILES string of the molecule is COC[C@@](CCC(=O)OC)(NC(=O)OC(C)(C)C)C(=O)OC. The van der Waals surface area contributed by atoms with Gasteiger partial charge < -0.3 is 24.3 Å². The number of amides is 1. The average Bonchev–Trinajstić information content (AvgIpc) is 2.41. The second-order valence-electron chi connectivity index (χ2n) is 5.71. The van der Waals surface area contributed by atoms with Gasteiger partial charge in [-0.3, -0.25) is 4.79 Å². The van der Waals surface area contributed by atoms with Crippen molar-refractivity contribution < 1.29 is 33.3 Å². The highest BCUT2D eigenvalue weighted by Gasteiger charge is 2.43. The highest BCUT2D eigenvalue weighted by Crippen LogP contribution is 2.18. The van der Waals surface area contributed by atoms with E-state index in [9.17, 15) is 14.4 Å². The van der Waals surface area contributed by atoms with E-state index in [0.29, 0.717) is 0 Å². The van der Waals surface area contributed by atoms with Crippen LogP contribution in [0.5, 0.6) is 0 Å². The van der Waals surface area contributed by atoms with Crippen LogP contribution in [0.3, 0.4) is 0 Å². The summed E-state index contributed by atoms with van der Waals surface area (Å²) >= 11 is 0. The summed E-state index contributed by atoms with van der Waals surface area (Å²) in [6.45, 7) is 4.90. The lowest BCUT2D eigenvalue weighted by Gasteiger charge is -2.32. The summed E-state index contributed by atoms with van der Waals surface area (Å²) in [7, 11) is 3.79. The second kappa shape index (κ2) is 8.57. The summed E-state index contributed by atoms with van der Waals surface area (Å²) < 4.78 is 19.4. The van der Waals surface area contributed by atoms with E-state index < -0.39 is 29.2 Å². The van der Waals surface area contributed by atoms with E-state index in [1.807, 2.05) is 0 Å². The lowest BCUT2D eigenvalue weighted by atomic mass is 9.94. The largest absolute Gasteiger partial charge is 0.469 e. The second-order valence-corrected chi connectivity index (χ2v) is 5.71. The summed E-state index contributed by atoms with van der Waals surface area (Å²) in [5.74, 6) is -1.25. The molecule has 22 heavy (non-hydrogen) atoms. The van der Waals surface area contributed by atoms with Crippen LogP contribution in [0.2, 0.25) is 0 Å². The molecule has 0 saturated carbocycles. The fraction of sp³-hybridized carbons (Fsp3) is 0.786. The first-order valence-corrected chi connectivity index (χ1v) is 6.75. The molecule has 0 unspecified atom stereocenters. The Kier molecular flexibility index (Phi) is 7.86. The van der Waals surface area contributed by atoms with Gasteiger partial charge in [0, 0.05) is 13.5 Å². The number of ether oxygens (including phenoxy) is 4. The van der Waals surface area contributed by atoms with Gasteiger partial charge in [-0.15, -0.1) is 0 Å². The standard InChI is InChI=1S/C14H25NO7/c1-13(2,3)22-12(18)15-14(9-19-4,11(17)21-6)8-7-10(16)20-5/h7-9H2,1-6H3,(H,15,18)/t14-/m1/s1. The topological polar surface area (TPSA) is 100 Å². The van der Waals surface area contributed by atoms with E-state index in [0.717, 1.165) is 0 Å². The van der Waals surface area contributed by atoms with Crippen molar-refractivity contribution in [1.82, 2.24) is 5.32 Å². The molecule has 0 aromatic rings. The van der Waals surface area contributed by atoms with Crippen LogP contribution in [-0.4, -0.2) is 57.1 Å². The van der Waals surface area contributed by atoms with Crippen molar-refractivity contribution in [2.75, 3.05) is 27.9 Å². The maximum absolute atomic E-state index is 12.1. The molecule has 0 rings (SSSR count). The lowest BCUT2D eigenvalue weighted by Crippen LogP contribution is -2.59. The van der Waals surface area contributed by atoms with E-state index in [2.05, 4.69) is 10.1 Å². The summed E-state index contributed by atoms with van der Waals surface area (Å²) in [4.78, 5) is 35.4. The molecule has 0 aromatic carbocycles. The summed E-state index contributed by atoms with van der Waals surface area (Å²) in [5.41, 5.74) is -2.26. The third kappa shape index (κ3) is 6.75. The Morgan fingerprint density at radius 1 is 1.00 bits per heavy atom. The molecular weight excluding hydrogens is 294 g/mol. The van der Waals surface area contributed by atoms with Crippen molar-refractivity contribution in [1.29, 1.82) is 0 Å². The number of nitrogens with one attached hydrogen (secondary N) is 1. The minimum absolute atomic E-state index is 0.0422. The van der Waals surface area contributed by atoms with Crippen molar-refractivity contribution in [2.45, 2.75) is 44.8 Å². The van der Waals surface area contributed by atoms with E-state index in [1.165, 1.54) is 21.3 Å². The van der Waals surface area contributed by atoms with E-state index in [1.54, 1.807) is 20.8 Å². The number of rotatable bonds is 7. The summed E-state index contributed by atoms with van der Waals surface area (Å²) in [5, 5.41) is 2.45. The van der Waals surface area contributed by atoms with Crippen LogP contribution < -0.4 is 5.32 Å². The first kappa shape index (κ1) is 20.2. The van der Waals surface area contributed by atoms with Crippen molar-refractivity contribution in [3.63, 3.8) is 0 Å². The highest BCUT2D eigenvalue weighted by molar-refractivity contribution is 5.86. The minimum atomic E-state index is -1.53. The molecule has 0 heterocycles. The summed E-state index contributed by atoms with van der Waals surface area (Å²) in [6, 6.07) is 0. The number of carbonyl (C=O) groups is 3. The minimum Gasteiger partial charge on any atom is -0.469 e. The monoisotopic (exact) mass is 319 g/mol. The van der Waals surface area contributed by atoms with Crippen molar-refractivity contribution in [2.24, 2.45) is 0 Å². The quantitative estimate of drug-likeness (QED) is 0.552. The third-order valence-corrected chi connectivity index (χ3v) is 2.69. The third-order valence-electron chi connectivity index (χ3n) is 2.69. The zero-order valence-corrected chi connectivity index (χ0v) is 14.0. The number of esters is 2. The number of alkyl carbamates (subject to hydrolysis) is 1. The molecule has 0 saturated heterocycles. The zero-order valence-electron chi connectivity index (χ0n) is 14.0. The Morgan fingerprint density at radius 2 is 1.59 bits per heavy atom. The Bertz CT molecular complexity index is 402. The molecule has 8 nitrogen and oxygen atoms in total. The molecule has 0 bridgehead atoms. The predicted molar refractivity (Wildman–Crippen MR) is 77.2 cm³/mol. The summed E-state index contributed by atoms with van der Waals surface area (Å²) in [6.07, 6.45) is -0.940. The first-order valence-electron chi connectivity index (χ1n) is 6.75. The van der Waals surface area contributed by atoms with Gasteiger partial charge in [0.05, 0.1) is 20.8 Å². The van der Waals surface area contributed by atoms with Crippen LogP contribution in [0.15, 0.2) is 0 Å². The predicted octanol–water partition coefficient (Wildman–Crippen LogP) is 1.02. The average molecular weight is 319 g/mol. The Balaban J connectivity index is 5.22. The number of carbonyl (C=O) groups excluding carboxylic acids is 3. The molecule has 1 N–H and O–H groups in total. The van der Waals surface area contributed by atoms with Crippen molar-refractivity contribution in [3.05, 3.63) is 0 Å². The smallest absolute Gasteiger partial charge is 0.408 e. The van der Waals surface area contributed by atoms with Crippen LogP contribution in [0.4, 0.5) is 4.79 Å². The lowest BCUT2D eigenvalue weighted by molar-refractivity contribution is -0.152. The molecule has 0 fully saturated rings. The number of methoxy groups -OCH3 is 3. The van der Waals surface area contributed by atoms with Crippen LogP contribution in [0.25, 0.3) is 0 Å². The van der Waals surface area contributed by atoms with Gasteiger partial charge in [0.25, 0.3) is 0 Å². The maximum Gasteiger partial charge on any atom is 0.408 e. The molecule has 1 atom stereocenters. The fourth-order valence-corrected chi connectivity index (χ4v) is 1.74. The maximum atomic E-state index is 12.1. The first-order chi connectivity index (χ1) is 10.1.